The van der Waals surface area contributed by atoms with E-state index in [2.05, 4.69) is 49.5 Å². The molecule has 2 heteroatoms. The molecular formula is C17H27NS. The Hall–Kier alpha value is -0.470. The smallest absolute Gasteiger partial charge is 0.0189 e. The topological polar surface area (TPSA) is 12.0 Å². The van der Waals surface area contributed by atoms with E-state index >= 15 is 0 Å². The Morgan fingerprint density at radius 1 is 1.26 bits per heavy atom. The normalized spacial score (nSPS) is 25.2. The van der Waals surface area contributed by atoms with Gasteiger partial charge < -0.3 is 5.32 Å². The van der Waals surface area contributed by atoms with Crippen LogP contribution in [-0.4, -0.2) is 18.3 Å². The van der Waals surface area contributed by atoms with Crippen LogP contribution >= 0.6 is 11.8 Å². The number of hydrogen-bond donors (Lipinski definition) is 1. The Labute approximate surface area is 122 Å². The predicted octanol–water partition coefficient (Wildman–Crippen LogP) is 4.58. The van der Waals surface area contributed by atoms with Crippen LogP contribution in [0.3, 0.4) is 0 Å². The standard InChI is InChI=1S/C17H27NS/c1-3-18-17(15-9-7-8-14(2)12-15)13-19-16-10-5-4-6-11-16/h4-6,10-11,14-15,17-18H,3,7-9,12-13H2,1-2H3. The van der Waals surface area contributed by atoms with Gasteiger partial charge in [-0.3, -0.25) is 0 Å². The molecule has 1 aliphatic carbocycles. The quantitative estimate of drug-likeness (QED) is 0.764. The molecule has 3 atom stereocenters. The van der Waals surface area contributed by atoms with Gasteiger partial charge >= 0.3 is 0 Å². The van der Waals surface area contributed by atoms with Crippen LogP contribution in [0.2, 0.25) is 0 Å². The number of thioether (sulfide) groups is 1. The van der Waals surface area contributed by atoms with Crippen LogP contribution < -0.4 is 5.32 Å². The molecule has 2 rings (SSSR count). The van der Waals surface area contributed by atoms with Gasteiger partial charge in [-0.25, -0.2) is 0 Å². The van der Waals surface area contributed by atoms with Crippen molar-refractivity contribution in [3.8, 4) is 0 Å². The van der Waals surface area contributed by atoms with Gasteiger partial charge in [-0.2, -0.15) is 0 Å². The monoisotopic (exact) mass is 277 g/mol. The zero-order chi connectivity index (χ0) is 13.5. The summed E-state index contributed by atoms with van der Waals surface area (Å²) >= 11 is 2.00. The second kappa shape index (κ2) is 7.96. The molecule has 0 aliphatic heterocycles. The molecule has 1 aliphatic rings. The van der Waals surface area contributed by atoms with E-state index in [1.165, 1.54) is 36.3 Å². The Bertz CT molecular complexity index is 352. The summed E-state index contributed by atoms with van der Waals surface area (Å²) in [5, 5.41) is 3.72. The number of benzene rings is 1. The van der Waals surface area contributed by atoms with E-state index in [-0.39, 0.29) is 0 Å². The highest BCUT2D eigenvalue weighted by atomic mass is 32.2. The van der Waals surface area contributed by atoms with Crippen molar-refractivity contribution in [2.45, 2.75) is 50.5 Å². The molecule has 1 aromatic carbocycles. The van der Waals surface area contributed by atoms with Crippen molar-refractivity contribution in [2.24, 2.45) is 11.8 Å². The number of rotatable bonds is 6. The third kappa shape index (κ3) is 4.85. The molecule has 19 heavy (non-hydrogen) atoms. The van der Waals surface area contributed by atoms with E-state index in [4.69, 9.17) is 0 Å². The van der Waals surface area contributed by atoms with Gasteiger partial charge in [0.25, 0.3) is 0 Å². The lowest BCUT2D eigenvalue weighted by Gasteiger charge is -2.33. The highest BCUT2D eigenvalue weighted by molar-refractivity contribution is 7.99. The van der Waals surface area contributed by atoms with E-state index in [9.17, 15) is 0 Å². The molecule has 0 radical (unpaired) electrons. The van der Waals surface area contributed by atoms with Crippen LogP contribution in [0.4, 0.5) is 0 Å². The zero-order valence-corrected chi connectivity index (χ0v) is 13.1. The van der Waals surface area contributed by atoms with Gasteiger partial charge in [-0.15, -0.1) is 11.8 Å². The highest BCUT2D eigenvalue weighted by Crippen LogP contribution is 2.32. The summed E-state index contributed by atoms with van der Waals surface area (Å²) in [6, 6.07) is 11.5. The fourth-order valence-electron chi connectivity index (χ4n) is 3.17. The first-order valence-corrected chi connectivity index (χ1v) is 8.69. The summed E-state index contributed by atoms with van der Waals surface area (Å²) < 4.78 is 0. The minimum atomic E-state index is 0.679. The molecule has 0 heterocycles. The van der Waals surface area contributed by atoms with Crippen molar-refractivity contribution in [3.63, 3.8) is 0 Å². The molecule has 1 nitrogen and oxygen atoms in total. The lowest BCUT2D eigenvalue weighted by molar-refractivity contribution is 0.235. The molecule has 106 valence electrons. The maximum Gasteiger partial charge on any atom is 0.0189 e. The summed E-state index contributed by atoms with van der Waals surface area (Å²) in [6.07, 6.45) is 5.68. The van der Waals surface area contributed by atoms with Crippen molar-refractivity contribution in [2.75, 3.05) is 12.3 Å². The first kappa shape index (κ1) is 14.9. The second-order valence-corrected chi connectivity index (χ2v) is 6.91. The molecule has 1 saturated carbocycles. The van der Waals surface area contributed by atoms with E-state index in [1.807, 2.05) is 11.8 Å². The first-order valence-electron chi connectivity index (χ1n) is 7.70. The molecule has 0 bridgehead atoms. The first-order chi connectivity index (χ1) is 9.29. The maximum absolute atomic E-state index is 3.72. The van der Waals surface area contributed by atoms with E-state index < -0.39 is 0 Å². The lowest BCUT2D eigenvalue weighted by atomic mass is 9.79. The fourth-order valence-corrected chi connectivity index (χ4v) is 4.28. The van der Waals surface area contributed by atoms with E-state index in [0.717, 1.165) is 18.4 Å². The predicted molar refractivity (Wildman–Crippen MR) is 85.8 cm³/mol. The van der Waals surface area contributed by atoms with Gasteiger partial charge in [0, 0.05) is 16.7 Å². The van der Waals surface area contributed by atoms with Crippen LogP contribution in [0.15, 0.2) is 35.2 Å². The van der Waals surface area contributed by atoms with E-state index in [0.29, 0.717) is 6.04 Å². The summed E-state index contributed by atoms with van der Waals surface area (Å²) in [5.41, 5.74) is 0. The average molecular weight is 277 g/mol. The van der Waals surface area contributed by atoms with Crippen LogP contribution in [0.25, 0.3) is 0 Å². The summed E-state index contributed by atoms with van der Waals surface area (Å²) in [7, 11) is 0. The van der Waals surface area contributed by atoms with Crippen molar-refractivity contribution in [1.29, 1.82) is 0 Å². The molecule has 1 N–H and O–H groups in total. The van der Waals surface area contributed by atoms with Crippen molar-refractivity contribution in [3.05, 3.63) is 30.3 Å². The summed E-state index contributed by atoms with van der Waals surface area (Å²) in [6.45, 7) is 5.73. The van der Waals surface area contributed by atoms with E-state index in [1.54, 1.807) is 0 Å². The molecule has 0 amide bonds. The van der Waals surface area contributed by atoms with Crippen LogP contribution in [0.5, 0.6) is 0 Å². The molecule has 1 fully saturated rings. The van der Waals surface area contributed by atoms with Crippen molar-refractivity contribution < 1.29 is 0 Å². The van der Waals surface area contributed by atoms with Crippen LogP contribution in [0.1, 0.15) is 39.5 Å². The van der Waals surface area contributed by atoms with Crippen molar-refractivity contribution >= 4 is 11.8 Å². The lowest BCUT2D eigenvalue weighted by Crippen LogP contribution is -2.40. The number of nitrogens with one attached hydrogen (secondary N) is 1. The molecule has 0 spiro atoms. The SMILES string of the molecule is CCNC(CSc1ccccc1)C1CCCC(C)C1. The molecule has 0 saturated heterocycles. The fraction of sp³-hybridized carbons (Fsp3) is 0.647. The Kier molecular flexibility index (Phi) is 6.25. The largest absolute Gasteiger partial charge is 0.313 e. The summed E-state index contributed by atoms with van der Waals surface area (Å²) in [5.74, 6) is 3.00. The second-order valence-electron chi connectivity index (χ2n) is 5.82. The molecule has 0 aromatic heterocycles. The Balaban J connectivity index is 1.88. The maximum atomic E-state index is 3.72. The third-order valence-corrected chi connectivity index (χ3v) is 5.32. The zero-order valence-electron chi connectivity index (χ0n) is 12.3. The van der Waals surface area contributed by atoms with Gasteiger partial charge in [0.15, 0.2) is 0 Å². The minimum absolute atomic E-state index is 0.679. The third-order valence-electron chi connectivity index (χ3n) is 4.19. The van der Waals surface area contributed by atoms with Crippen LogP contribution in [-0.2, 0) is 0 Å². The Morgan fingerprint density at radius 3 is 2.74 bits per heavy atom. The minimum Gasteiger partial charge on any atom is -0.313 e. The van der Waals surface area contributed by atoms with Gasteiger partial charge in [0.1, 0.15) is 0 Å². The average Bonchev–Trinajstić information content (AvgIpc) is 2.44. The highest BCUT2D eigenvalue weighted by Gasteiger charge is 2.26. The Morgan fingerprint density at radius 2 is 2.05 bits per heavy atom. The molecule has 3 unspecified atom stereocenters. The van der Waals surface area contributed by atoms with Gasteiger partial charge in [0.2, 0.25) is 0 Å². The van der Waals surface area contributed by atoms with Gasteiger partial charge in [-0.05, 0) is 43.4 Å². The summed E-state index contributed by atoms with van der Waals surface area (Å²) in [4.78, 5) is 1.40. The van der Waals surface area contributed by atoms with Gasteiger partial charge in [0.05, 0.1) is 0 Å². The molecule has 1 aromatic rings. The van der Waals surface area contributed by atoms with Crippen LogP contribution in [0, 0.1) is 11.8 Å². The molecular weight excluding hydrogens is 250 g/mol. The number of hydrogen-bond acceptors (Lipinski definition) is 2. The van der Waals surface area contributed by atoms with Gasteiger partial charge in [-0.1, -0.05) is 44.9 Å². The van der Waals surface area contributed by atoms with Crippen molar-refractivity contribution in [1.82, 2.24) is 5.32 Å².